The predicted molar refractivity (Wildman–Crippen MR) is 133 cm³/mol. The van der Waals surface area contributed by atoms with Gasteiger partial charge in [-0.05, 0) is 61.4 Å². The van der Waals surface area contributed by atoms with Gasteiger partial charge in [-0.1, -0.05) is 36.7 Å². The Morgan fingerprint density at radius 3 is 2.76 bits per heavy atom. The van der Waals surface area contributed by atoms with Crippen molar-refractivity contribution in [2.75, 3.05) is 6.61 Å². The van der Waals surface area contributed by atoms with Gasteiger partial charge in [0, 0.05) is 5.56 Å². The second-order valence-corrected chi connectivity index (χ2v) is 8.85. The molecule has 0 bridgehead atoms. The largest absolute Gasteiger partial charge is 0.490 e. The predicted octanol–water partition coefficient (Wildman–Crippen LogP) is 5.88. The van der Waals surface area contributed by atoms with Gasteiger partial charge in [0.05, 0.1) is 17.2 Å². The van der Waals surface area contributed by atoms with E-state index in [1.54, 1.807) is 30.3 Å². The highest BCUT2D eigenvalue weighted by atomic mass is 35.5. The fourth-order valence-electron chi connectivity index (χ4n) is 3.35. The van der Waals surface area contributed by atoms with Crippen LogP contribution in [0.1, 0.15) is 37.8 Å². The summed E-state index contributed by atoms with van der Waals surface area (Å²) < 4.78 is 25.5. The lowest BCUT2D eigenvalue weighted by atomic mass is 10.1. The van der Waals surface area contributed by atoms with Crippen LogP contribution in [-0.4, -0.2) is 33.6 Å². The summed E-state index contributed by atoms with van der Waals surface area (Å²) in [5.74, 6) is -0.341. The molecular formula is C24H22ClFN4O3S. The first-order valence-corrected chi connectivity index (χ1v) is 11.9. The van der Waals surface area contributed by atoms with Crippen molar-refractivity contribution in [3.8, 4) is 11.5 Å². The number of amidine groups is 2. The number of amides is 1. The quantitative estimate of drug-likeness (QED) is 0.457. The number of ether oxygens (including phenoxy) is 2. The summed E-state index contributed by atoms with van der Waals surface area (Å²) in [7, 11) is 0. The zero-order chi connectivity index (χ0) is 24.2. The molecule has 0 saturated carbocycles. The van der Waals surface area contributed by atoms with Gasteiger partial charge in [-0.15, -0.1) is 0 Å². The fraction of sp³-hybridized carbons (Fsp3) is 0.250. The van der Waals surface area contributed by atoms with E-state index >= 15 is 0 Å². The molecule has 34 heavy (non-hydrogen) atoms. The van der Waals surface area contributed by atoms with E-state index in [1.165, 1.54) is 28.9 Å². The Bertz CT molecular complexity index is 1240. The van der Waals surface area contributed by atoms with Gasteiger partial charge in [0.25, 0.3) is 5.91 Å². The summed E-state index contributed by atoms with van der Waals surface area (Å²) in [5.41, 5.74) is 1.00. The summed E-state index contributed by atoms with van der Waals surface area (Å²) in [6.07, 6.45) is 3.18. The van der Waals surface area contributed by atoms with Crippen LogP contribution in [0, 0.1) is 11.2 Å². The highest BCUT2D eigenvalue weighted by Gasteiger charge is 2.35. The third-order valence-corrected chi connectivity index (χ3v) is 6.18. The minimum Gasteiger partial charge on any atom is -0.490 e. The van der Waals surface area contributed by atoms with Gasteiger partial charge in [0.2, 0.25) is 5.17 Å². The molecule has 2 aromatic carbocycles. The van der Waals surface area contributed by atoms with E-state index in [1.807, 2.05) is 13.8 Å². The smallest absolute Gasteiger partial charge is 0.283 e. The number of rotatable bonds is 8. The average Bonchev–Trinajstić information content (AvgIpc) is 3.20. The molecule has 0 saturated heterocycles. The van der Waals surface area contributed by atoms with Gasteiger partial charge in [-0.3, -0.25) is 10.2 Å². The number of benzene rings is 2. The molecular weight excluding hydrogens is 479 g/mol. The number of carbonyl (C=O) groups excluding carboxylic acids is 1. The first kappa shape index (κ1) is 24.0. The van der Waals surface area contributed by atoms with E-state index in [0.717, 1.165) is 17.9 Å². The van der Waals surface area contributed by atoms with E-state index in [-0.39, 0.29) is 34.6 Å². The number of carbonyl (C=O) groups is 1. The molecule has 1 amide bonds. The minimum atomic E-state index is -0.523. The highest BCUT2D eigenvalue weighted by molar-refractivity contribution is 8.26. The van der Waals surface area contributed by atoms with Crippen molar-refractivity contribution in [3.63, 3.8) is 0 Å². The molecule has 0 unspecified atom stereocenters. The Balaban J connectivity index is 1.63. The standard InChI is InChI=1S/C24H22ClFN4O3S/c1-3-7-20-29-30-22(27)16(23(31)28-24(30)34-20)10-14-11-17(25)21(19(12-14)32-4-2)33-13-15-8-5-6-9-18(15)26/h5-6,8-12,27H,3-4,7,13H2,1-2H3/b16-10-,27-22?. The van der Waals surface area contributed by atoms with Crippen molar-refractivity contribution in [1.82, 2.24) is 5.01 Å². The number of hydrazone groups is 1. The van der Waals surface area contributed by atoms with Crippen LogP contribution in [0.15, 0.2) is 52.1 Å². The van der Waals surface area contributed by atoms with E-state index in [2.05, 4.69) is 10.1 Å². The van der Waals surface area contributed by atoms with E-state index in [0.29, 0.717) is 28.7 Å². The van der Waals surface area contributed by atoms with Crippen LogP contribution >= 0.6 is 23.4 Å². The molecule has 0 atom stereocenters. The van der Waals surface area contributed by atoms with Crippen LogP contribution in [0.25, 0.3) is 6.08 Å². The Hall–Kier alpha value is -3.17. The maximum Gasteiger partial charge on any atom is 0.283 e. The minimum absolute atomic E-state index is 0.0295. The molecule has 7 nitrogen and oxygen atoms in total. The molecule has 0 fully saturated rings. The number of nitrogens with zero attached hydrogens (tertiary/aromatic N) is 3. The number of hydrogen-bond donors (Lipinski definition) is 1. The number of aliphatic imine (C=N–C) groups is 1. The molecule has 0 spiro atoms. The number of halogens is 2. The van der Waals surface area contributed by atoms with Crippen molar-refractivity contribution < 1.29 is 18.7 Å². The molecule has 0 radical (unpaired) electrons. The molecule has 0 aliphatic carbocycles. The van der Waals surface area contributed by atoms with Gasteiger partial charge in [0.15, 0.2) is 17.3 Å². The third-order valence-electron chi connectivity index (χ3n) is 4.93. The molecule has 1 N–H and O–H groups in total. The molecule has 10 heteroatoms. The summed E-state index contributed by atoms with van der Waals surface area (Å²) in [5, 5.41) is 15.7. The lowest BCUT2D eigenvalue weighted by Gasteiger charge is -2.20. The van der Waals surface area contributed by atoms with Gasteiger partial charge in [-0.25, -0.2) is 4.39 Å². The van der Waals surface area contributed by atoms with E-state index < -0.39 is 5.91 Å². The first-order chi connectivity index (χ1) is 16.4. The summed E-state index contributed by atoms with van der Waals surface area (Å²) >= 11 is 7.79. The fourth-order valence-corrected chi connectivity index (χ4v) is 4.61. The Morgan fingerprint density at radius 1 is 1.24 bits per heavy atom. The highest BCUT2D eigenvalue weighted by Crippen LogP contribution is 2.38. The second kappa shape index (κ2) is 10.4. The topological polar surface area (TPSA) is 87.3 Å². The summed E-state index contributed by atoms with van der Waals surface area (Å²) in [6, 6.07) is 9.56. The monoisotopic (exact) mass is 500 g/mol. The summed E-state index contributed by atoms with van der Waals surface area (Å²) in [6.45, 7) is 4.16. The lowest BCUT2D eigenvalue weighted by Crippen LogP contribution is -2.35. The molecule has 4 rings (SSSR count). The van der Waals surface area contributed by atoms with E-state index in [4.69, 9.17) is 26.5 Å². The van der Waals surface area contributed by atoms with Crippen LogP contribution in [0.5, 0.6) is 11.5 Å². The second-order valence-electron chi connectivity index (χ2n) is 7.41. The van der Waals surface area contributed by atoms with E-state index in [9.17, 15) is 9.18 Å². The van der Waals surface area contributed by atoms with Gasteiger partial charge >= 0.3 is 0 Å². The molecule has 2 aromatic rings. The molecule has 2 heterocycles. The van der Waals surface area contributed by atoms with Crippen molar-refractivity contribution >= 4 is 51.4 Å². The van der Waals surface area contributed by atoms with Gasteiger partial charge in [0.1, 0.15) is 17.5 Å². The Labute approximate surface area is 205 Å². The zero-order valence-corrected chi connectivity index (χ0v) is 20.2. The zero-order valence-electron chi connectivity index (χ0n) is 18.6. The van der Waals surface area contributed by atoms with Crippen LogP contribution in [0.4, 0.5) is 4.39 Å². The van der Waals surface area contributed by atoms with Crippen molar-refractivity contribution in [2.45, 2.75) is 33.3 Å². The molecule has 0 aromatic heterocycles. The molecule has 176 valence electrons. The third kappa shape index (κ3) is 5.00. The SMILES string of the molecule is CCCC1=NN2C(=N)/C(=C/c3cc(Cl)c(OCc4ccccc4F)c(OCC)c3)C(=O)N=C2S1. The number of thioether (sulfide) groups is 1. The molecule has 2 aliphatic rings. The average molecular weight is 501 g/mol. The Morgan fingerprint density at radius 2 is 2.03 bits per heavy atom. The number of nitrogens with one attached hydrogen (secondary N) is 1. The molecule has 2 aliphatic heterocycles. The van der Waals surface area contributed by atoms with Crippen LogP contribution in [-0.2, 0) is 11.4 Å². The van der Waals surface area contributed by atoms with Gasteiger partial charge in [-0.2, -0.15) is 15.1 Å². The van der Waals surface area contributed by atoms with Crippen LogP contribution in [0.3, 0.4) is 0 Å². The maximum atomic E-state index is 14.0. The number of hydrogen-bond acceptors (Lipinski definition) is 6. The normalized spacial score (nSPS) is 16.5. The van der Waals surface area contributed by atoms with Crippen molar-refractivity contribution in [3.05, 3.63) is 63.9 Å². The first-order valence-electron chi connectivity index (χ1n) is 10.7. The van der Waals surface area contributed by atoms with Crippen LogP contribution < -0.4 is 9.47 Å². The van der Waals surface area contributed by atoms with Crippen molar-refractivity contribution in [2.24, 2.45) is 10.1 Å². The maximum absolute atomic E-state index is 14.0. The summed E-state index contributed by atoms with van der Waals surface area (Å²) in [4.78, 5) is 16.8. The lowest BCUT2D eigenvalue weighted by molar-refractivity contribution is -0.114. The Kier molecular flexibility index (Phi) is 7.33. The van der Waals surface area contributed by atoms with Gasteiger partial charge < -0.3 is 9.47 Å². The van der Waals surface area contributed by atoms with Crippen molar-refractivity contribution in [1.29, 1.82) is 5.41 Å². The van der Waals surface area contributed by atoms with Crippen LogP contribution in [0.2, 0.25) is 5.02 Å². The number of fused-ring (bicyclic) bond motifs is 1.